The molecular formula is C23H25N3O6. The van der Waals surface area contributed by atoms with Gasteiger partial charge >= 0.3 is 0 Å². The summed E-state index contributed by atoms with van der Waals surface area (Å²) >= 11 is 0. The first-order valence-electron chi connectivity index (χ1n) is 11.2. The highest BCUT2D eigenvalue weighted by Crippen LogP contribution is 2.69. The molecule has 0 radical (unpaired) electrons. The molecule has 0 unspecified atom stereocenters. The minimum absolute atomic E-state index is 0.226. The van der Waals surface area contributed by atoms with Gasteiger partial charge in [-0.15, -0.1) is 0 Å². The lowest BCUT2D eigenvalue weighted by molar-refractivity contribution is -0.151. The summed E-state index contributed by atoms with van der Waals surface area (Å²) in [6, 6.07) is 0. The van der Waals surface area contributed by atoms with Crippen LogP contribution in [-0.2, 0) is 28.8 Å². The van der Waals surface area contributed by atoms with Crippen molar-refractivity contribution in [3.8, 4) is 0 Å². The van der Waals surface area contributed by atoms with E-state index < -0.39 is 46.8 Å². The van der Waals surface area contributed by atoms with Crippen molar-refractivity contribution in [2.45, 2.75) is 25.7 Å². The molecule has 5 fully saturated rings. The average Bonchev–Trinajstić information content (AvgIpc) is 3.23. The average molecular weight is 439 g/mol. The Morgan fingerprint density at radius 3 is 2.00 bits per heavy atom. The Kier molecular flexibility index (Phi) is 3.68. The standard InChI is InChI=1S/C23H25N3O6/c1-24-18(28)11-7-14-15-12(19(29)25(2)21(15)31)6-9-4-5-10-16(22(32)26(3)17(10)27)23(9,14)8-13(11)20(24)30/h4,10-16H,5-8H2,1-3H3/t10-,11+,12-,13-,14-,15-,16+,23-/m1/s1. The first-order chi connectivity index (χ1) is 15.1. The molecule has 0 aromatic heterocycles. The van der Waals surface area contributed by atoms with Crippen LogP contribution >= 0.6 is 0 Å². The predicted molar refractivity (Wildman–Crippen MR) is 107 cm³/mol. The second-order valence-corrected chi connectivity index (χ2v) is 10.4. The summed E-state index contributed by atoms with van der Waals surface area (Å²) in [6.07, 6.45) is 3.31. The normalized spacial score (nSPS) is 45.0. The Labute approximate surface area is 184 Å². The number of imide groups is 3. The number of likely N-dealkylation sites (tertiary alicyclic amines) is 3. The van der Waals surface area contributed by atoms with E-state index >= 15 is 0 Å². The third kappa shape index (κ3) is 1.97. The van der Waals surface area contributed by atoms with E-state index in [4.69, 9.17) is 0 Å². The summed E-state index contributed by atoms with van der Waals surface area (Å²) in [7, 11) is 4.45. The summed E-state index contributed by atoms with van der Waals surface area (Å²) in [4.78, 5) is 81.8. The maximum absolute atomic E-state index is 13.4. The number of hydrogen-bond acceptors (Lipinski definition) is 6. The van der Waals surface area contributed by atoms with Gasteiger partial charge in [0.05, 0.1) is 35.5 Å². The number of fused-ring (bicyclic) bond motifs is 4. The number of carbonyl (C=O) groups is 6. The molecule has 32 heavy (non-hydrogen) atoms. The van der Waals surface area contributed by atoms with Crippen LogP contribution in [0.4, 0.5) is 0 Å². The fraction of sp³-hybridized carbons (Fsp3) is 0.652. The Bertz CT molecular complexity index is 1070. The van der Waals surface area contributed by atoms with Crippen LogP contribution in [0.2, 0.25) is 0 Å². The van der Waals surface area contributed by atoms with Gasteiger partial charge in [-0.25, -0.2) is 0 Å². The SMILES string of the molecule is CN1C(=O)[C@H]2[C@H]3C[C@@H]4C(=O)N(C)C(=O)[C@@H]4C[C@@]34C(=CC[C@H]3C(=O)N(C)C(=O)[C@H]34)C[C@H]2C1=O. The maximum Gasteiger partial charge on any atom is 0.233 e. The van der Waals surface area contributed by atoms with E-state index in [-0.39, 0.29) is 48.3 Å². The minimum Gasteiger partial charge on any atom is -0.285 e. The molecule has 1 spiro atoms. The lowest BCUT2D eigenvalue weighted by Crippen LogP contribution is -2.58. The fourth-order valence-electron chi connectivity index (χ4n) is 8.08. The predicted octanol–water partition coefficient (Wildman–Crippen LogP) is -0.190. The summed E-state index contributed by atoms with van der Waals surface area (Å²) in [5, 5.41) is 0. The number of hydrogen-bond donors (Lipinski definition) is 0. The number of nitrogens with zero attached hydrogens (tertiary/aromatic N) is 3. The highest BCUT2D eigenvalue weighted by Gasteiger charge is 2.72. The van der Waals surface area contributed by atoms with E-state index in [0.717, 1.165) is 10.5 Å². The van der Waals surface area contributed by atoms with Crippen molar-refractivity contribution in [1.82, 2.24) is 14.7 Å². The molecule has 8 atom stereocenters. The molecule has 3 aliphatic heterocycles. The van der Waals surface area contributed by atoms with Gasteiger partial charge in [-0.2, -0.15) is 0 Å². The zero-order valence-corrected chi connectivity index (χ0v) is 18.2. The van der Waals surface area contributed by atoms with Gasteiger partial charge in [-0.05, 0) is 31.6 Å². The number of amides is 6. The molecule has 0 N–H and O–H groups in total. The van der Waals surface area contributed by atoms with Crippen LogP contribution in [0.5, 0.6) is 0 Å². The monoisotopic (exact) mass is 439 g/mol. The van der Waals surface area contributed by atoms with Crippen molar-refractivity contribution in [3.05, 3.63) is 11.6 Å². The molecule has 3 aliphatic carbocycles. The Hall–Kier alpha value is -2.84. The first-order valence-corrected chi connectivity index (χ1v) is 11.2. The summed E-state index contributed by atoms with van der Waals surface area (Å²) in [6.45, 7) is 0. The highest BCUT2D eigenvalue weighted by atomic mass is 16.2. The summed E-state index contributed by atoms with van der Waals surface area (Å²) in [5.74, 6) is -5.42. The third-order valence-electron chi connectivity index (χ3n) is 9.50. The van der Waals surface area contributed by atoms with Crippen molar-refractivity contribution in [1.29, 1.82) is 0 Å². The number of allylic oxidation sites excluding steroid dienone is 2. The van der Waals surface area contributed by atoms with Gasteiger partial charge in [-0.3, -0.25) is 43.5 Å². The van der Waals surface area contributed by atoms with E-state index in [1.807, 2.05) is 6.08 Å². The lowest BCUT2D eigenvalue weighted by atomic mass is 9.42. The molecule has 3 heterocycles. The smallest absolute Gasteiger partial charge is 0.233 e. The summed E-state index contributed by atoms with van der Waals surface area (Å²) in [5.41, 5.74) is 0.0662. The molecule has 3 saturated heterocycles. The van der Waals surface area contributed by atoms with Gasteiger partial charge in [0.1, 0.15) is 0 Å². The molecule has 6 rings (SSSR count). The van der Waals surface area contributed by atoms with Gasteiger partial charge in [0.2, 0.25) is 35.4 Å². The van der Waals surface area contributed by atoms with Gasteiger partial charge in [-0.1, -0.05) is 11.6 Å². The third-order valence-corrected chi connectivity index (χ3v) is 9.50. The van der Waals surface area contributed by atoms with E-state index in [0.29, 0.717) is 12.8 Å². The molecule has 2 saturated carbocycles. The van der Waals surface area contributed by atoms with Crippen LogP contribution < -0.4 is 0 Å². The van der Waals surface area contributed by atoms with Crippen LogP contribution in [0.1, 0.15) is 25.7 Å². The van der Waals surface area contributed by atoms with Crippen LogP contribution in [0, 0.1) is 46.8 Å². The Balaban J connectivity index is 1.57. The van der Waals surface area contributed by atoms with Crippen LogP contribution in [-0.4, -0.2) is 71.3 Å². The van der Waals surface area contributed by atoms with Crippen molar-refractivity contribution in [3.63, 3.8) is 0 Å². The lowest BCUT2D eigenvalue weighted by Gasteiger charge is -2.58. The van der Waals surface area contributed by atoms with Crippen molar-refractivity contribution in [2.75, 3.05) is 21.1 Å². The van der Waals surface area contributed by atoms with Crippen LogP contribution in [0.3, 0.4) is 0 Å². The molecule has 0 aromatic carbocycles. The molecule has 0 bridgehead atoms. The molecule has 168 valence electrons. The quantitative estimate of drug-likeness (QED) is 0.382. The van der Waals surface area contributed by atoms with E-state index in [1.165, 1.54) is 30.9 Å². The van der Waals surface area contributed by atoms with Crippen molar-refractivity contribution >= 4 is 35.4 Å². The molecule has 6 amide bonds. The molecule has 9 nitrogen and oxygen atoms in total. The zero-order chi connectivity index (χ0) is 22.9. The largest absolute Gasteiger partial charge is 0.285 e. The van der Waals surface area contributed by atoms with Gasteiger partial charge in [0.15, 0.2) is 0 Å². The van der Waals surface area contributed by atoms with Crippen molar-refractivity contribution in [2.24, 2.45) is 46.8 Å². The molecular weight excluding hydrogens is 414 g/mol. The number of rotatable bonds is 0. The van der Waals surface area contributed by atoms with Crippen LogP contribution in [0.25, 0.3) is 0 Å². The first kappa shape index (κ1) is 19.8. The summed E-state index contributed by atoms with van der Waals surface area (Å²) < 4.78 is 0. The topological polar surface area (TPSA) is 112 Å². The molecule has 6 aliphatic rings. The number of carbonyl (C=O) groups excluding carboxylic acids is 6. The maximum atomic E-state index is 13.4. The van der Waals surface area contributed by atoms with E-state index in [2.05, 4.69) is 0 Å². The zero-order valence-electron chi connectivity index (χ0n) is 18.2. The highest BCUT2D eigenvalue weighted by molar-refractivity contribution is 6.09. The van der Waals surface area contributed by atoms with E-state index in [1.54, 1.807) is 0 Å². The second-order valence-electron chi connectivity index (χ2n) is 10.4. The van der Waals surface area contributed by atoms with Crippen molar-refractivity contribution < 1.29 is 28.8 Å². The Morgan fingerprint density at radius 1 is 0.719 bits per heavy atom. The molecule has 9 heteroatoms. The fourth-order valence-corrected chi connectivity index (χ4v) is 8.08. The van der Waals surface area contributed by atoms with E-state index in [9.17, 15) is 28.8 Å². The van der Waals surface area contributed by atoms with Crippen LogP contribution in [0.15, 0.2) is 11.6 Å². The second kappa shape index (κ2) is 5.94. The Morgan fingerprint density at radius 2 is 1.28 bits per heavy atom. The minimum atomic E-state index is -0.856. The van der Waals surface area contributed by atoms with Gasteiger partial charge in [0.25, 0.3) is 0 Å². The van der Waals surface area contributed by atoms with Gasteiger partial charge < -0.3 is 0 Å². The van der Waals surface area contributed by atoms with Gasteiger partial charge in [0, 0.05) is 26.6 Å². The molecule has 0 aromatic rings.